The minimum Gasteiger partial charge on any atom is -0.349 e. The van der Waals surface area contributed by atoms with Gasteiger partial charge in [-0.3, -0.25) is 14.2 Å². The third-order valence-corrected chi connectivity index (χ3v) is 6.47. The molecule has 33 heavy (non-hydrogen) atoms. The number of aryl methyl sites for hydroxylation is 1. The largest absolute Gasteiger partial charge is 0.349 e. The monoisotopic (exact) mass is 474 g/mol. The molecule has 2 N–H and O–H groups in total. The van der Waals surface area contributed by atoms with Crippen LogP contribution < -0.4 is 10.9 Å². The molecule has 6 nitrogen and oxygen atoms in total. The third kappa shape index (κ3) is 4.13. The lowest BCUT2D eigenvalue weighted by atomic mass is 10.2. The van der Waals surface area contributed by atoms with E-state index < -0.39 is 0 Å². The summed E-state index contributed by atoms with van der Waals surface area (Å²) in [6.45, 7) is 1.94. The van der Waals surface area contributed by atoms with E-state index in [0.717, 1.165) is 22.2 Å². The van der Waals surface area contributed by atoms with Crippen molar-refractivity contribution in [2.75, 3.05) is 11.1 Å². The van der Waals surface area contributed by atoms with Crippen LogP contribution in [0.1, 0.15) is 5.56 Å². The Morgan fingerprint density at radius 1 is 1.09 bits per heavy atom. The van der Waals surface area contributed by atoms with E-state index in [9.17, 15) is 9.59 Å². The van der Waals surface area contributed by atoms with Gasteiger partial charge < -0.3 is 10.3 Å². The van der Waals surface area contributed by atoms with E-state index in [-0.39, 0.29) is 17.2 Å². The van der Waals surface area contributed by atoms with Crippen LogP contribution in [0.5, 0.6) is 0 Å². The van der Waals surface area contributed by atoms with Gasteiger partial charge in [0.1, 0.15) is 11.0 Å². The van der Waals surface area contributed by atoms with Gasteiger partial charge in [0.15, 0.2) is 5.16 Å². The highest BCUT2D eigenvalue weighted by Crippen LogP contribution is 2.27. The summed E-state index contributed by atoms with van der Waals surface area (Å²) in [7, 11) is 0. The first-order chi connectivity index (χ1) is 16.0. The van der Waals surface area contributed by atoms with Crippen molar-refractivity contribution in [3.8, 4) is 5.69 Å². The van der Waals surface area contributed by atoms with Gasteiger partial charge in [-0.2, -0.15) is 0 Å². The number of aromatic nitrogens is 3. The van der Waals surface area contributed by atoms with Gasteiger partial charge in [-0.15, -0.1) is 0 Å². The number of aromatic amines is 1. The first-order valence-electron chi connectivity index (χ1n) is 10.3. The topological polar surface area (TPSA) is 79.8 Å². The number of rotatable bonds is 5. The predicted octanol–water partition coefficient (Wildman–Crippen LogP) is 5.56. The van der Waals surface area contributed by atoms with Crippen molar-refractivity contribution >= 4 is 56.9 Å². The maximum Gasteiger partial charge on any atom is 0.283 e. The van der Waals surface area contributed by atoms with Crippen molar-refractivity contribution < 1.29 is 4.79 Å². The van der Waals surface area contributed by atoms with Crippen LogP contribution in [0, 0.1) is 6.92 Å². The zero-order chi connectivity index (χ0) is 22.9. The fraction of sp³-hybridized carbons (Fsp3) is 0.0800. The molecule has 0 fully saturated rings. The summed E-state index contributed by atoms with van der Waals surface area (Å²) >= 11 is 7.22. The van der Waals surface area contributed by atoms with Crippen LogP contribution >= 0.6 is 23.4 Å². The van der Waals surface area contributed by atoms with Crippen molar-refractivity contribution in [1.82, 2.24) is 14.5 Å². The van der Waals surface area contributed by atoms with Crippen molar-refractivity contribution in [2.24, 2.45) is 0 Å². The number of thioether (sulfide) groups is 1. The minimum atomic E-state index is -0.216. The van der Waals surface area contributed by atoms with Crippen molar-refractivity contribution in [1.29, 1.82) is 0 Å². The molecule has 5 aromatic rings. The zero-order valence-corrected chi connectivity index (χ0v) is 19.2. The molecule has 0 spiro atoms. The standard InChI is InChI=1S/C25H19ClN4O2S/c1-15-7-2-5-12-20(15)30-24(32)23-22(18-10-3-4-11-19(18)28-23)29-25(30)33-14-21(31)27-17-9-6-8-16(26)13-17/h2-13,28H,14H2,1H3,(H,27,31). The number of para-hydroxylation sites is 2. The van der Waals surface area contributed by atoms with Crippen LogP contribution in [0.15, 0.2) is 82.7 Å². The summed E-state index contributed by atoms with van der Waals surface area (Å²) in [4.78, 5) is 34.3. The van der Waals surface area contributed by atoms with E-state index in [4.69, 9.17) is 16.6 Å². The van der Waals surface area contributed by atoms with E-state index in [2.05, 4.69) is 10.3 Å². The molecular weight excluding hydrogens is 456 g/mol. The van der Waals surface area contributed by atoms with E-state index >= 15 is 0 Å². The number of benzene rings is 3. The number of amides is 1. The Morgan fingerprint density at radius 2 is 1.88 bits per heavy atom. The molecule has 8 heteroatoms. The summed E-state index contributed by atoms with van der Waals surface area (Å²) in [5.41, 5.74) is 3.95. The lowest BCUT2D eigenvalue weighted by Crippen LogP contribution is -2.23. The van der Waals surface area contributed by atoms with Crippen LogP contribution in [-0.4, -0.2) is 26.2 Å². The van der Waals surface area contributed by atoms with Gasteiger partial charge in [0.2, 0.25) is 5.91 Å². The molecule has 0 atom stereocenters. The van der Waals surface area contributed by atoms with Gasteiger partial charge in [-0.1, -0.05) is 65.8 Å². The summed E-state index contributed by atoms with van der Waals surface area (Å²) in [6, 6.07) is 22.3. The van der Waals surface area contributed by atoms with Gasteiger partial charge in [0.05, 0.1) is 11.4 Å². The molecular formula is C25H19ClN4O2S. The highest BCUT2D eigenvalue weighted by atomic mass is 35.5. The SMILES string of the molecule is Cc1ccccc1-n1c(SCC(=O)Nc2cccc(Cl)c2)nc2c([nH]c3ccccc32)c1=O. The number of carbonyl (C=O) groups is 1. The van der Waals surface area contributed by atoms with Gasteiger partial charge in [0.25, 0.3) is 5.56 Å². The van der Waals surface area contributed by atoms with Crippen molar-refractivity contribution in [2.45, 2.75) is 12.1 Å². The van der Waals surface area contributed by atoms with Crippen LogP contribution in [0.25, 0.3) is 27.6 Å². The molecule has 0 aliphatic rings. The maximum absolute atomic E-state index is 13.6. The van der Waals surface area contributed by atoms with Crippen LogP contribution in [0.2, 0.25) is 5.02 Å². The number of fused-ring (bicyclic) bond motifs is 3. The second kappa shape index (κ2) is 8.77. The molecule has 2 heterocycles. The Kier molecular flexibility index (Phi) is 5.66. The average molecular weight is 475 g/mol. The van der Waals surface area contributed by atoms with E-state index in [0.29, 0.717) is 26.9 Å². The lowest BCUT2D eigenvalue weighted by Gasteiger charge is -2.14. The molecule has 5 rings (SSSR count). The number of carbonyl (C=O) groups excluding carboxylic acids is 1. The first-order valence-corrected chi connectivity index (χ1v) is 11.7. The average Bonchev–Trinajstić information content (AvgIpc) is 3.18. The number of anilines is 1. The Labute approximate surface area is 198 Å². The fourth-order valence-corrected chi connectivity index (χ4v) is 4.75. The molecule has 3 aromatic carbocycles. The van der Waals surface area contributed by atoms with Crippen LogP contribution in [0.3, 0.4) is 0 Å². The molecule has 0 aliphatic carbocycles. The molecule has 0 aliphatic heterocycles. The van der Waals surface area contributed by atoms with Crippen molar-refractivity contribution in [3.05, 3.63) is 93.7 Å². The number of hydrogen-bond acceptors (Lipinski definition) is 4. The molecule has 0 saturated carbocycles. The lowest BCUT2D eigenvalue weighted by molar-refractivity contribution is -0.113. The van der Waals surface area contributed by atoms with E-state index in [1.807, 2.05) is 55.5 Å². The van der Waals surface area contributed by atoms with Gasteiger partial charge in [-0.25, -0.2) is 4.98 Å². The van der Waals surface area contributed by atoms with Crippen LogP contribution in [-0.2, 0) is 4.79 Å². The summed E-state index contributed by atoms with van der Waals surface area (Å²) in [5, 5.41) is 4.70. The number of nitrogens with zero attached hydrogens (tertiary/aromatic N) is 2. The Morgan fingerprint density at radius 3 is 2.70 bits per heavy atom. The molecule has 0 unspecified atom stereocenters. The molecule has 0 radical (unpaired) electrons. The third-order valence-electron chi connectivity index (χ3n) is 5.29. The van der Waals surface area contributed by atoms with Gasteiger partial charge in [-0.05, 0) is 42.8 Å². The molecule has 164 valence electrons. The Bertz CT molecular complexity index is 1570. The Hall–Kier alpha value is -3.55. The zero-order valence-electron chi connectivity index (χ0n) is 17.6. The van der Waals surface area contributed by atoms with Crippen LogP contribution in [0.4, 0.5) is 5.69 Å². The Balaban J connectivity index is 1.58. The first kappa shape index (κ1) is 21.3. The highest BCUT2D eigenvalue weighted by Gasteiger charge is 2.19. The van der Waals surface area contributed by atoms with E-state index in [1.165, 1.54) is 11.8 Å². The highest BCUT2D eigenvalue weighted by molar-refractivity contribution is 7.99. The minimum absolute atomic E-state index is 0.0820. The summed E-state index contributed by atoms with van der Waals surface area (Å²) < 4.78 is 1.57. The summed E-state index contributed by atoms with van der Waals surface area (Å²) in [6.07, 6.45) is 0. The molecule has 1 amide bonds. The maximum atomic E-state index is 13.6. The number of hydrogen-bond donors (Lipinski definition) is 2. The second-order valence-electron chi connectivity index (χ2n) is 7.56. The molecule has 2 aromatic heterocycles. The number of nitrogens with one attached hydrogen (secondary N) is 2. The van der Waals surface area contributed by atoms with Crippen molar-refractivity contribution in [3.63, 3.8) is 0 Å². The number of halogens is 1. The second-order valence-corrected chi connectivity index (χ2v) is 8.94. The van der Waals surface area contributed by atoms with Gasteiger partial charge >= 0.3 is 0 Å². The van der Waals surface area contributed by atoms with E-state index in [1.54, 1.807) is 28.8 Å². The van der Waals surface area contributed by atoms with Gasteiger partial charge in [0, 0.05) is 21.6 Å². The fourth-order valence-electron chi connectivity index (χ4n) is 3.76. The smallest absolute Gasteiger partial charge is 0.283 e. The summed E-state index contributed by atoms with van der Waals surface area (Å²) in [5.74, 6) is -0.134. The normalized spacial score (nSPS) is 11.2. The number of H-pyrrole nitrogens is 1. The molecule has 0 bridgehead atoms. The predicted molar refractivity (Wildman–Crippen MR) is 135 cm³/mol. The quantitative estimate of drug-likeness (QED) is 0.258. The molecule has 0 saturated heterocycles.